The number of nitrogens with one attached hydrogen (secondary N) is 1. The van der Waals surface area contributed by atoms with Crippen molar-refractivity contribution in [2.24, 2.45) is 5.10 Å². The lowest BCUT2D eigenvalue weighted by Gasteiger charge is -2.19. The number of nitrogens with two attached hydrogens (primary N) is 1. The molecule has 2 aromatic carbocycles. The van der Waals surface area contributed by atoms with Crippen molar-refractivity contribution >= 4 is 17.3 Å². The third kappa shape index (κ3) is 5.64. The minimum absolute atomic E-state index is 0.0863. The lowest BCUT2D eigenvalue weighted by Crippen LogP contribution is -2.25. The van der Waals surface area contributed by atoms with Gasteiger partial charge in [-0.3, -0.25) is 4.79 Å². The van der Waals surface area contributed by atoms with Crippen molar-refractivity contribution in [3.63, 3.8) is 0 Å². The summed E-state index contributed by atoms with van der Waals surface area (Å²) in [6.07, 6.45) is 0. The Hall–Kier alpha value is -2.82. The number of benzene rings is 2. The number of carbonyl (C=O) groups excluding carboxylic acids is 1. The van der Waals surface area contributed by atoms with Gasteiger partial charge in [0.2, 0.25) is 0 Å². The second-order valence-electron chi connectivity index (χ2n) is 6.92. The van der Waals surface area contributed by atoms with E-state index in [1.54, 1.807) is 19.1 Å². The van der Waals surface area contributed by atoms with E-state index in [0.717, 1.165) is 5.56 Å². The average molecular weight is 339 g/mol. The second kappa shape index (κ2) is 7.83. The van der Waals surface area contributed by atoms with Crippen molar-refractivity contribution in [2.75, 3.05) is 12.3 Å². The maximum absolute atomic E-state index is 11.9. The molecule has 0 fully saturated rings. The van der Waals surface area contributed by atoms with Gasteiger partial charge in [0.25, 0.3) is 5.91 Å². The molecule has 2 rings (SSSR count). The summed E-state index contributed by atoms with van der Waals surface area (Å²) in [5, 5.41) is 4.08. The van der Waals surface area contributed by atoms with Crippen molar-refractivity contribution in [3.05, 3.63) is 59.7 Å². The first kappa shape index (κ1) is 18.5. The first-order valence-corrected chi connectivity index (χ1v) is 8.18. The summed E-state index contributed by atoms with van der Waals surface area (Å²) in [5.74, 6) is 0.336. The highest BCUT2D eigenvalue weighted by Gasteiger charge is 2.13. The van der Waals surface area contributed by atoms with E-state index >= 15 is 0 Å². The monoisotopic (exact) mass is 339 g/mol. The molecular formula is C20H25N3O2. The molecule has 0 radical (unpaired) electrons. The van der Waals surface area contributed by atoms with E-state index in [1.807, 2.05) is 36.4 Å². The van der Waals surface area contributed by atoms with Crippen molar-refractivity contribution in [2.45, 2.75) is 33.1 Å². The molecule has 0 heterocycles. The van der Waals surface area contributed by atoms with Crippen LogP contribution in [0.3, 0.4) is 0 Å². The zero-order chi connectivity index (χ0) is 18.4. The Morgan fingerprint density at radius 3 is 2.44 bits per heavy atom. The largest absolute Gasteiger partial charge is 0.484 e. The summed E-state index contributed by atoms with van der Waals surface area (Å²) < 4.78 is 5.49. The number of hydrogen-bond acceptors (Lipinski definition) is 4. The Morgan fingerprint density at radius 2 is 1.84 bits per heavy atom. The van der Waals surface area contributed by atoms with Gasteiger partial charge in [0, 0.05) is 5.69 Å². The maximum Gasteiger partial charge on any atom is 0.277 e. The molecule has 5 heteroatoms. The Balaban J connectivity index is 1.87. The normalized spacial score (nSPS) is 11.9. The van der Waals surface area contributed by atoms with Gasteiger partial charge in [-0.2, -0.15) is 5.10 Å². The topological polar surface area (TPSA) is 76.7 Å². The quantitative estimate of drug-likeness (QED) is 0.497. The van der Waals surface area contributed by atoms with Gasteiger partial charge in [-0.1, -0.05) is 45.0 Å². The fourth-order valence-electron chi connectivity index (χ4n) is 2.21. The third-order valence-corrected chi connectivity index (χ3v) is 3.74. The Morgan fingerprint density at radius 1 is 1.16 bits per heavy atom. The van der Waals surface area contributed by atoms with Crippen LogP contribution in [0.1, 0.15) is 38.8 Å². The molecule has 0 bridgehead atoms. The first-order chi connectivity index (χ1) is 11.8. The second-order valence-corrected chi connectivity index (χ2v) is 6.92. The minimum Gasteiger partial charge on any atom is -0.484 e. The highest BCUT2D eigenvalue weighted by atomic mass is 16.5. The number of nitrogen functional groups attached to an aromatic ring is 1. The van der Waals surface area contributed by atoms with Crippen molar-refractivity contribution in [1.82, 2.24) is 5.43 Å². The number of nitrogens with zero attached hydrogens (tertiary/aromatic N) is 1. The van der Waals surface area contributed by atoms with E-state index in [0.29, 0.717) is 17.1 Å². The van der Waals surface area contributed by atoms with Crippen LogP contribution in [0.2, 0.25) is 0 Å². The van der Waals surface area contributed by atoms with Crippen LogP contribution in [0, 0.1) is 0 Å². The van der Waals surface area contributed by atoms with Gasteiger partial charge >= 0.3 is 0 Å². The lowest BCUT2D eigenvalue weighted by molar-refractivity contribution is -0.123. The predicted molar refractivity (Wildman–Crippen MR) is 102 cm³/mol. The number of hydrogen-bond donors (Lipinski definition) is 2. The molecule has 1 amide bonds. The van der Waals surface area contributed by atoms with E-state index in [-0.39, 0.29) is 17.9 Å². The standard InChI is InChI=1S/C20H25N3O2/c1-14(15-6-5-7-17(21)12-15)22-23-19(24)13-25-18-10-8-16(9-11-18)20(2,3)4/h5-12H,13,21H2,1-4H3,(H,23,24)/b22-14-. The number of anilines is 1. The predicted octanol–water partition coefficient (Wildman–Crippen LogP) is 3.49. The number of carbonyl (C=O) groups is 1. The molecule has 0 aliphatic heterocycles. The lowest BCUT2D eigenvalue weighted by atomic mass is 9.87. The summed E-state index contributed by atoms with van der Waals surface area (Å²) in [6.45, 7) is 8.16. The molecule has 0 atom stereocenters. The molecule has 0 saturated carbocycles. The minimum atomic E-state index is -0.317. The van der Waals surface area contributed by atoms with Crippen molar-refractivity contribution < 1.29 is 9.53 Å². The van der Waals surface area contributed by atoms with Crippen LogP contribution < -0.4 is 15.9 Å². The molecule has 0 aliphatic carbocycles. The highest BCUT2D eigenvalue weighted by Crippen LogP contribution is 2.24. The Bertz CT molecular complexity index is 759. The van der Waals surface area contributed by atoms with Crippen LogP contribution >= 0.6 is 0 Å². The molecule has 3 N–H and O–H groups in total. The number of amides is 1. The Labute approximate surface area is 148 Å². The van der Waals surface area contributed by atoms with Crippen LogP contribution in [0.25, 0.3) is 0 Å². The fourth-order valence-corrected chi connectivity index (χ4v) is 2.21. The average Bonchev–Trinajstić information content (AvgIpc) is 2.57. The zero-order valence-electron chi connectivity index (χ0n) is 15.2. The molecule has 0 unspecified atom stereocenters. The molecule has 25 heavy (non-hydrogen) atoms. The zero-order valence-corrected chi connectivity index (χ0v) is 15.2. The van der Waals surface area contributed by atoms with Crippen molar-refractivity contribution in [1.29, 1.82) is 0 Å². The van der Waals surface area contributed by atoms with E-state index in [4.69, 9.17) is 10.5 Å². The van der Waals surface area contributed by atoms with Gasteiger partial charge < -0.3 is 10.5 Å². The summed E-state index contributed by atoms with van der Waals surface area (Å²) >= 11 is 0. The number of hydrazone groups is 1. The first-order valence-electron chi connectivity index (χ1n) is 8.18. The van der Waals surface area contributed by atoms with Crippen LogP contribution in [0.15, 0.2) is 53.6 Å². The summed E-state index contributed by atoms with van der Waals surface area (Å²) in [6, 6.07) is 15.1. The van der Waals surface area contributed by atoms with Crippen LogP contribution in [-0.2, 0) is 10.2 Å². The van der Waals surface area contributed by atoms with Gasteiger partial charge in [-0.25, -0.2) is 5.43 Å². The molecule has 0 aliphatic rings. The van der Waals surface area contributed by atoms with Gasteiger partial charge in [0.1, 0.15) is 5.75 Å². The van der Waals surface area contributed by atoms with Gasteiger partial charge in [0.05, 0.1) is 5.71 Å². The Kier molecular flexibility index (Phi) is 5.80. The highest BCUT2D eigenvalue weighted by molar-refractivity contribution is 5.99. The van der Waals surface area contributed by atoms with Crippen LogP contribution in [0.5, 0.6) is 5.75 Å². The maximum atomic E-state index is 11.9. The molecule has 5 nitrogen and oxygen atoms in total. The smallest absolute Gasteiger partial charge is 0.277 e. The number of ether oxygens (including phenoxy) is 1. The SMILES string of the molecule is C/C(=N/NC(=O)COc1ccc(C(C)(C)C)cc1)c1cccc(N)c1. The summed E-state index contributed by atoms with van der Waals surface area (Å²) in [4.78, 5) is 11.9. The van der Waals surface area contributed by atoms with Crippen LogP contribution in [0.4, 0.5) is 5.69 Å². The molecule has 132 valence electrons. The fraction of sp³-hybridized carbons (Fsp3) is 0.300. The molecule has 0 saturated heterocycles. The molecule has 0 aromatic heterocycles. The van der Waals surface area contributed by atoms with E-state index in [2.05, 4.69) is 31.3 Å². The van der Waals surface area contributed by atoms with Gasteiger partial charge in [-0.05, 0) is 47.7 Å². The molecular weight excluding hydrogens is 314 g/mol. The van der Waals surface area contributed by atoms with E-state index in [9.17, 15) is 4.79 Å². The van der Waals surface area contributed by atoms with Crippen molar-refractivity contribution in [3.8, 4) is 5.75 Å². The van der Waals surface area contributed by atoms with Gasteiger partial charge in [0.15, 0.2) is 6.61 Å². The van der Waals surface area contributed by atoms with E-state index < -0.39 is 0 Å². The third-order valence-electron chi connectivity index (χ3n) is 3.74. The molecule has 0 spiro atoms. The summed E-state index contributed by atoms with van der Waals surface area (Å²) in [7, 11) is 0. The van der Waals surface area contributed by atoms with Gasteiger partial charge in [-0.15, -0.1) is 0 Å². The van der Waals surface area contributed by atoms with Crippen LogP contribution in [-0.4, -0.2) is 18.2 Å². The van der Waals surface area contributed by atoms with E-state index in [1.165, 1.54) is 5.56 Å². The molecule has 2 aromatic rings. The number of rotatable bonds is 5. The summed E-state index contributed by atoms with van der Waals surface area (Å²) in [5.41, 5.74) is 11.7.